The topological polar surface area (TPSA) is 153 Å². The molecule has 0 saturated carbocycles. The largest absolute Gasteiger partial charge is 0.391 e. The first-order valence-corrected chi connectivity index (χ1v) is 16.1. The van der Waals surface area contributed by atoms with Crippen molar-refractivity contribution in [2.45, 2.75) is 65.6 Å². The van der Waals surface area contributed by atoms with Gasteiger partial charge in [-0.05, 0) is 23.5 Å². The molecule has 1 fully saturated rings. The van der Waals surface area contributed by atoms with Crippen LogP contribution in [0.5, 0.6) is 0 Å². The Hall–Kier alpha value is -2.74. The fourth-order valence-electron chi connectivity index (χ4n) is 5.07. The third-order valence-electron chi connectivity index (χ3n) is 7.60. The molecule has 1 aliphatic heterocycles. The van der Waals surface area contributed by atoms with E-state index in [4.69, 9.17) is 19.9 Å². The van der Waals surface area contributed by atoms with Crippen LogP contribution in [0.25, 0.3) is 10.4 Å². The molecule has 11 nitrogen and oxygen atoms in total. The quantitative estimate of drug-likeness (QED) is 0.211. The summed E-state index contributed by atoms with van der Waals surface area (Å²) in [4.78, 5) is 46.8. The van der Waals surface area contributed by atoms with E-state index in [-0.39, 0.29) is 50.0 Å². The van der Waals surface area contributed by atoms with Crippen LogP contribution in [0.3, 0.4) is 0 Å². The van der Waals surface area contributed by atoms with E-state index < -0.39 is 23.5 Å². The molecule has 12 heteroatoms. The van der Waals surface area contributed by atoms with Crippen molar-refractivity contribution in [1.82, 2.24) is 15.2 Å². The van der Waals surface area contributed by atoms with Gasteiger partial charge in [0.25, 0.3) is 0 Å². The number of amides is 2. The van der Waals surface area contributed by atoms with E-state index in [1.165, 1.54) is 4.90 Å². The Bertz CT molecular complexity index is 1200. The van der Waals surface area contributed by atoms with E-state index in [1.54, 1.807) is 11.3 Å². The van der Waals surface area contributed by atoms with Gasteiger partial charge in [0.2, 0.25) is 11.8 Å². The summed E-state index contributed by atoms with van der Waals surface area (Å²) in [5.74, 6) is -1.35. The van der Waals surface area contributed by atoms with Gasteiger partial charge in [0.05, 0.1) is 61.8 Å². The van der Waals surface area contributed by atoms with Gasteiger partial charge in [-0.1, -0.05) is 45.0 Å². The first kappa shape index (κ1) is 35.7. The molecule has 2 heterocycles. The number of aryl methyl sites for hydroxylation is 1. The van der Waals surface area contributed by atoms with E-state index in [0.29, 0.717) is 46.1 Å². The van der Waals surface area contributed by atoms with Crippen molar-refractivity contribution in [1.29, 1.82) is 0 Å². The summed E-state index contributed by atoms with van der Waals surface area (Å²) in [7, 11) is 0. The first-order valence-electron chi connectivity index (χ1n) is 15.2. The Morgan fingerprint density at radius 1 is 1.07 bits per heavy atom. The van der Waals surface area contributed by atoms with Gasteiger partial charge >= 0.3 is 0 Å². The number of aliphatic hydroxyl groups is 1. The Morgan fingerprint density at radius 3 is 2.30 bits per heavy atom. The van der Waals surface area contributed by atoms with E-state index in [9.17, 15) is 19.5 Å². The van der Waals surface area contributed by atoms with Crippen molar-refractivity contribution in [2.24, 2.45) is 17.1 Å². The predicted molar refractivity (Wildman–Crippen MR) is 169 cm³/mol. The fraction of sp³-hybridized carbons (Fsp3) is 0.625. The summed E-state index contributed by atoms with van der Waals surface area (Å²) in [5, 5.41) is 13.4. The zero-order chi connectivity index (χ0) is 32.1. The number of nitrogens with two attached hydrogens (primary N) is 1. The third kappa shape index (κ3) is 11.0. The number of aromatic nitrogens is 1. The van der Waals surface area contributed by atoms with Crippen LogP contribution >= 0.6 is 11.3 Å². The second-order valence-electron chi connectivity index (χ2n) is 12.1. The number of benzene rings is 1. The van der Waals surface area contributed by atoms with Crippen molar-refractivity contribution in [2.75, 3.05) is 52.7 Å². The minimum Gasteiger partial charge on any atom is -0.391 e. The van der Waals surface area contributed by atoms with Gasteiger partial charge in [0, 0.05) is 44.8 Å². The van der Waals surface area contributed by atoms with E-state index in [0.717, 1.165) is 21.7 Å². The van der Waals surface area contributed by atoms with E-state index in [2.05, 4.69) is 10.3 Å². The maximum Gasteiger partial charge on any atom is 0.243 e. The molecule has 0 unspecified atom stereocenters. The molecule has 0 aliphatic carbocycles. The van der Waals surface area contributed by atoms with Crippen LogP contribution in [0.4, 0.5) is 0 Å². The molecule has 1 saturated heterocycles. The number of β-amino-alcohol motifs (C(OH)–C–C–N with tert-alkyl or cyclic N) is 1. The van der Waals surface area contributed by atoms with Gasteiger partial charge in [-0.2, -0.15) is 0 Å². The number of hydrogen-bond donors (Lipinski definition) is 3. The van der Waals surface area contributed by atoms with Gasteiger partial charge in [-0.15, -0.1) is 11.3 Å². The number of Topliss-reactive ketones (excluding diaryl/α,β-unsaturated/α-hetero) is 1. The lowest BCUT2D eigenvalue weighted by Gasteiger charge is -2.34. The Morgan fingerprint density at radius 2 is 1.70 bits per heavy atom. The van der Waals surface area contributed by atoms with Gasteiger partial charge in [0.1, 0.15) is 11.8 Å². The Kier molecular flexibility index (Phi) is 14.4. The number of ether oxygens (including phenoxy) is 3. The molecular weight excluding hydrogens is 584 g/mol. The first-order chi connectivity index (χ1) is 21.0. The molecule has 3 rings (SSSR count). The van der Waals surface area contributed by atoms with Crippen LogP contribution in [0.2, 0.25) is 0 Å². The summed E-state index contributed by atoms with van der Waals surface area (Å²) >= 11 is 1.58. The fourth-order valence-corrected chi connectivity index (χ4v) is 5.88. The number of thiazole rings is 1. The number of ketones is 1. The van der Waals surface area contributed by atoms with Gasteiger partial charge in [-0.3, -0.25) is 14.4 Å². The van der Waals surface area contributed by atoms with Gasteiger partial charge < -0.3 is 35.3 Å². The van der Waals surface area contributed by atoms with Crippen LogP contribution in [-0.4, -0.2) is 97.5 Å². The third-order valence-corrected chi connectivity index (χ3v) is 8.58. The molecule has 1 aromatic carbocycles. The Labute approximate surface area is 264 Å². The second-order valence-corrected chi connectivity index (χ2v) is 13.0. The average molecular weight is 633 g/mol. The van der Waals surface area contributed by atoms with Gasteiger partial charge in [-0.25, -0.2) is 4.98 Å². The number of nitrogens with zero attached hydrogens (tertiary/aromatic N) is 2. The molecule has 0 spiro atoms. The molecule has 3 atom stereocenters. The normalized spacial score (nSPS) is 17.5. The average Bonchev–Trinajstić information content (AvgIpc) is 3.60. The molecular formula is C32H48N4O7S. The lowest BCUT2D eigenvalue weighted by atomic mass is 9.76. The van der Waals surface area contributed by atoms with E-state index in [1.807, 2.05) is 57.5 Å². The maximum atomic E-state index is 13.8. The minimum absolute atomic E-state index is 0.0349. The number of likely N-dealkylation sites (tertiary alicyclic amines) is 1. The minimum atomic E-state index is -0.809. The summed E-state index contributed by atoms with van der Waals surface area (Å²) in [6.45, 7) is 10.9. The number of aliphatic hydroxyl groups excluding tert-OH is 1. The van der Waals surface area contributed by atoms with Crippen LogP contribution in [-0.2, 0) is 35.1 Å². The smallest absolute Gasteiger partial charge is 0.243 e. The number of rotatable bonds is 18. The standard InChI is InChI=1S/C32H48N4O7S/c1-22-29(44-21-35-22)24-7-5-23(6-8-24)19-34-30(39)28-18-26(38)20-36(28)31(40)27(32(2,3)4)17-25(37)9-11-41-13-15-43-16-14-42-12-10-33/h5-8,21,26-28,38H,9-20,33H2,1-4H3,(H,34,39)/t26-,27-,28+/m1/s1. The van der Waals surface area contributed by atoms with Crippen molar-refractivity contribution in [3.8, 4) is 10.4 Å². The zero-order valence-corrected chi connectivity index (χ0v) is 27.2. The molecule has 0 radical (unpaired) electrons. The molecule has 44 heavy (non-hydrogen) atoms. The highest BCUT2D eigenvalue weighted by Crippen LogP contribution is 2.34. The number of carbonyl (C=O) groups excluding carboxylic acids is 3. The van der Waals surface area contributed by atoms with Crippen LogP contribution < -0.4 is 11.1 Å². The van der Waals surface area contributed by atoms with Crippen molar-refractivity contribution in [3.05, 3.63) is 41.0 Å². The summed E-state index contributed by atoms with van der Waals surface area (Å²) in [5.41, 5.74) is 9.62. The van der Waals surface area contributed by atoms with E-state index >= 15 is 0 Å². The number of nitrogens with one attached hydrogen (secondary N) is 1. The summed E-state index contributed by atoms with van der Waals surface area (Å²) in [6, 6.07) is 7.11. The Balaban J connectivity index is 1.49. The molecule has 1 aromatic heterocycles. The highest BCUT2D eigenvalue weighted by atomic mass is 32.1. The van der Waals surface area contributed by atoms with Crippen molar-refractivity contribution >= 4 is 28.9 Å². The number of carbonyl (C=O) groups is 3. The number of hydrogen-bond acceptors (Lipinski definition) is 10. The predicted octanol–water partition coefficient (Wildman–Crippen LogP) is 2.72. The highest BCUT2D eigenvalue weighted by Gasteiger charge is 2.44. The monoisotopic (exact) mass is 632 g/mol. The lowest BCUT2D eigenvalue weighted by molar-refractivity contribution is -0.146. The maximum absolute atomic E-state index is 13.8. The highest BCUT2D eigenvalue weighted by molar-refractivity contribution is 7.13. The summed E-state index contributed by atoms with van der Waals surface area (Å²) < 4.78 is 16.2. The molecule has 0 bridgehead atoms. The molecule has 1 aliphatic rings. The van der Waals surface area contributed by atoms with Crippen LogP contribution in [0.15, 0.2) is 29.8 Å². The van der Waals surface area contributed by atoms with Crippen LogP contribution in [0.1, 0.15) is 51.3 Å². The zero-order valence-electron chi connectivity index (χ0n) is 26.4. The van der Waals surface area contributed by atoms with Gasteiger partial charge in [0.15, 0.2) is 0 Å². The molecule has 2 amide bonds. The SMILES string of the molecule is Cc1ncsc1-c1ccc(CNC(=O)[C@@H]2C[C@@H](O)CN2C(=O)[C@@H](CC(=O)CCOCCOCCOCCN)C(C)(C)C)cc1. The molecule has 244 valence electrons. The van der Waals surface area contributed by atoms with Crippen molar-refractivity contribution < 1.29 is 33.7 Å². The molecule has 4 N–H and O–H groups in total. The lowest BCUT2D eigenvalue weighted by Crippen LogP contribution is -2.50. The summed E-state index contributed by atoms with van der Waals surface area (Å²) in [6.07, 6.45) is -0.447. The van der Waals surface area contributed by atoms with Crippen LogP contribution in [0, 0.1) is 18.3 Å². The van der Waals surface area contributed by atoms with Crippen molar-refractivity contribution in [3.63, 3.8) is 0 Å². The molecule has 2 aromatic rings. The second kappa shape index (κ2) is 17.7.